The lowest BCUT2D eigenvalue weighted by molar-refractivity contribution is 0.339. The molecule has 4 nitrogen and oxygen atoms in total. The Hall–Kier alpha value is -1.68. The first-order chi connectivity index (χ1) is 7.13. The highest BCUT2D eigenvalue weighted by atomic mass is 16.5. The van der Waals surface area contributed by atoms with E-state index in [4.69, 9.17) is 15.2 Å². The van der Waals surface area contributed by atoms with Crippen LogP contribution in [0.25, 0.3) is 0 Å². The largest absolute Gasteiger partial charge is 0.502 e. The molecule has 0 aliphatic carbocycles. The molecule has 0 radical (unpaired) electrons. The lowest BCUT2D eigenvalue weighted by Crippen LogP contribution is -2.07. The van der Waals surface area contributed by atoms with Crippen LogP contribution >= 0.6 is 0 Å². The molecule has 0 unspecified atom stereocenters. The number of ether oxygens (including phenoxy) is 2. The average molecular weight is 209 g/mol. The molecule has 1 atom stereocenters. The Morgan fingerprint density at radius 1 is 1.33 bits per heavy atom. The van der Waals surface area contributed by atoms with Gasteiger partial charge in [-0.3, -0.25) is 0 Å². The molecule has 1 aromatic carbocycles. The van der Waals surface area contributed by atoms with E-state index in [0.717, 1.165) is 5.56 Å². The second kappa shape index (κ2) is 4.70. The van der Waals surface area contributed by atoms with E-state index in [1.807, 2.05) is 0 Å². The smallest absolute Gasteiger partial charge is 0.200 e. The van der Waals surface area contributed by atoms with Gasteiger partial charge < -0.3 is 20.3 Å². The van der Waals surface area contributed by atoms with E-state index in [0.29, 0.717) is 11.5 Å². The third-order valence-corrected chi connectivity index (χ3v) is 2.14. The highest BCUT2D eigenvalue weighted by Gasteiger charge is 2.13. The van der Waals surface area contributed by atoms with E-state index in [2.05, 4.69) is 6.58 Å². The minimum absolute atomic E-state index is 0.0278. The van der Waals surface area contributed by atoms with Crippen LogP contribution in [0.1, 0.15) is 11.6 Å². The van der Waals surface area contributed by atoms with Crippen molar-refractivity contribution < 1.29 is 14.6 Å². The van der Waals surface area contributed by atoms with Gasteiger partial charge in [0, 0.05) is 6.04 Å². The molecule has 82 valence electrons. The summed E-state index contributed by atoms with van der Waals surface area (Å²) < 4.78 is 10.0. The van der Waals surface area contributed by atoms with Gasteiger partial charge >= 0.3 is 0 Å². The number of rotatable bonds is 4. The molecule has 0 heterocycles. The molecule has 0 fully saturated rings. The number of benzene rings is 1. The number of nitrogens with two attached hydrogens (primary N) is 1. The molecule has 1 aromatic rings. The van der Waals surface area contributed by atoms with Crippen LogP contribution in [-0.4, -0.2) is 19.3 Å². The van der Waals surface area contributed by atoms with Crippen molar-refractivity contribution in [3.63, 3.8) is 0 Å². The minimum atomic E-state index is -0.312. The molecule has 3 N–H and O–H groups in total. The Bertz CT molecular complexity index is 338. The fourth-order valence-electron chi connectivity index (χ4n) is 1.24. The van der Waals surface area contributed by atoms with Gasteiger partial charge in [0.15, 0.2) is 11.5 Å². The van der Waals surface area contributed by atoms with Crippen LogP contribution in [0.5, 0.6) is 17.2 Å². The maximum Gasteiger partial charge on any atom is 0.200 e. The fourth-order valence-corrected chi connectivity index (χ4v) is 1.24. The molecule has 0 aliphatic rings. The predicted molar refractivity (Wildman–Crippen MR) is 58.3 cm³/mol. The zero-order valence-corrected chi connectivity index (χ0v) is 8.86. The number of hydrogen-bond acceptors (Lipinski definition) is 4. The van der Waals surface area contributed by atoms with Gasteiger partial charge in [-0.05, 0) is 17.7 Å². The highest BCUT2D eigenvalue weighted by molar-refractivity contribution is 5.53. The van der Waals surface area contributed by atoms with Crippen molar-refractivity contribution in [3.8, 4) is 17.2 Å². The summed E-state index contributed by atoms with van der Waals surface area (Å²) in [5, 5.41) is 9.65. The molecule has 0 spiro atoms. The Morgan fingerprint density at radius 2 is 1.80 bits per heavy atom. The summed E-state index contributed by atoms with van der Waals surface area (Å²) in [6, 6.07) is 3.00. The number of phenolic OH excluding ortho intramolecular Hbond substituents is 1. The van der Waals surface area contributed by atoms with Crippen LogP contribution in [0, 0.1) is 0 Å². The molecule has 0 aromatic heterocycles. The van der Waals surface area contributed by atoms with Crippen molar-refractivity contribution in [2.45, 2.75) is 6.04 Å². The van der Waals surface area contributed by atoms with E-state index in [9.17, 15) is 5.11 Å². The van der Waals surface area contributed by atoms with Gasteiger partial charge in [-0.15, -0.1) is 6.58 Å². The maximum atomic E-state index is 9.65. The van der Waals surface area contributed by atoms with E-state index in [1.54, 1.807) is 18.2 Å². The molecule has 0 saturated heterocycles. The first-order valence-electron chi connectivity index (χ1n) is 4.47. The first-order valence-corrected chi connectivity index (χ1v) is 4.47. The van der Waals surface area contributed by atoms with Gasteiger partial charge in [0.1, 0.15) is 0 Å². The monoisotopic (exact) mass is 209 g/mol. The van der Waals surface area contributed by atoms with Gasteiger partial charge in [-0.2, -0.15) is 0 Å². The van der Waals surface area contributed by atoms with Crippen LogP contribution in [0.15, 0.2) is 24.8 Å². The summed E-state index contributed by atoms with van der Waals surface area (Å²) in [5.41, 5.74) is 6.56. The predicted octanol–water partition coefficient (Wildman–Crippen LogP) is 1.60. The molecule has 0 bridgehead atoms. The minimum Gasteiger partial charge on any atom is -0.502 e. The van der Waals surface area contributed by atoms with Crippen molar-refractivity contribution in [2.24, 2.45) is 5.73 Å². The zero-order valence-electron chi connectivity index (χ0n) is 8.86. The van der Waals surface area contributed by atoms with Crippen LogP contribution in [0.3, 0.4) is 0 Å². The molecule has 4 heteroatoms. The Kier molecular flexibility index (Phi) is 3.57. The Morgan fingerprint density at radius 3 is 2.13 bits per heavy atom. The summed E-state index contributed by atoms with van der Waals surface area (Å²) in [6.45, 7) is 3.60. The quantitative estimate of drug-likeness (QED) is 0.739. The molecule has 1 rings (SSSR count). The van der Waals surface area contributed by atoms with Crippen molar-refractivity contribution in [2.75, 3.05) is 14.2 Å². The van der Waals surface area contributed by atoms with E-state index in [1.165, 1.54) is 14.2 Å². The van der Waals surface area contributed by atoms with Gasteiger partial charge in [-0.1, -0.05) is 6.08 Å². The highest BCUT2D eigenvalue weighted by Crippen LogP contribution is 2.38. The molecular weight excluding hydrogens is 194 g/mol. The normalized spacial score (nSPS) is 11.9. The Labute approximate surface area is 88.9 Å². The lowest BCUT2D eigenvalue weighted by Gasteiger charge is -2.13. The molecule has 0 saturated carbocycles. The van der Waals surface area contributed by atoms with Gasteiger partial charge in [0.05, 0.1) is 14.2 Å². The lowest BCUT2D eigenvalue weighted by atomic mass is 10.1. The van der Waals surface area contributed by atoms with Gasteiger partial charge in [-0.25, -0.2) is 0 Å². The van der Waals surface area contributed by atoms with Crippen molar-refractivity contribution in [1.82, 2.24) is 0 Å². The maximum absolute atomic E-state index is 9.65. The van der Waals surface area contributed by atoms with Crippen molar-refractivity contribution >= 4 is 0 Å². The number of hydrogen-bond donors (Lipinski definition) is 2. The number of aromatic hydroxyl groups is 1. The van der Waals surface area contributed by atoms with Gasteiger partial charge in [0.2, 0.25) is 5.75 Å². The second-order valence-electron chi connectivity index (χ2n) is 3.04. The van der Waals surface area contributed by atoms with Crippen LogP contribution in [0.2, 0.25) is 0 Å². The SMILES string of the molecule is C=C[C@@H](N)c1cc(OC)c(O)c(OC)c1. The number of methoxy groups -OCH3 is 2. The van der Waals surface area contributed by atoms with Crippen LogP contribution in [-0.2, 0) is 0 Å². The van der Waals surface area contributed by atoms with Crippen LogP contribution in [0.4, 0.5) is 0 Å². The zero-order chi connectivity index (χ0) is 11.4. The summed E-state index contributed by atoms with van der Waals surface area (Å²) >= 11 is 0. The molecule has 0 aliphatic heterocycles. The molecule has 15 heavy (non-hydrogen) atoms. The Balaban J connectivity index is 3.26. The third-order valence-electron chi connectivity index (χ3n) is 2.14. The topological polar surface area (TPSA) is 64.7 Å². The van der Waals surface area contributed by atoms with Crippen molar-refractivity contribution in [3.05, 3.63) is 30.4 Å². The van der Waals surface area contributed by atoms with Gasteiger partial charge in [0.25, 0.3) is 0 Å². The number of phenols is 1. The summed E-state index contributed by atoms with van der Waals surface area (Å²) in [7, 11) is 2.94. The standard InChI is InChI=1S/C11H15NO3/c1-4-8(12)7-5-9(14-2)11(13)10(6-7)15-3/h4-6,8,13H,1,12H2,2-3H3/t8-/m1/s1. The molecule has 0 amide bonds. The van der Waals surface area contributed by atoms with Crippen molar-refractivity contribution in [1.29, 1.82) is 0 Å². The van der Waals surface area contributed by atoms with E-state index < -0.39 is 0 Å². The third kappa shape index (κ3) is 2.22. The fraction of sp³-hybridized carbons (Fsp3) is 0.273. The van der Waals surface area contributed by atoms with E-state index in [-0.39, 0.29) is 11.8 Å². The molecular formula is C11H15NO3. The summed E-state index contributed by atoms with van der Waals surface area (Å²) in [4.78, 5) is 0. The van der Waals surface area contributed by atoms with Crippen LogP contribution < -0.4 is 15.2 Å². The first kappa shape index (κ1) is 11.4. The second-order valence-corrected chi connectivity index (χ2v) is 3.04. The average Bonchev–Trinajstić information content (AvgIpc) is 2.28. The van der Waals surface area contributed by atoms with E-state index >= 15 is 0 Å². The summed E-state index contributed by atoms with van der Waals surface area (Å²) in [5.74, 6) is 0.642. The summed E-state index contributed by atoms with van der Waals surface area (Å²) in [6.07, 6.45) is 1.60.